The van der Waals surface area contributed by atoms with Gasteiger partial charge in [-0.3, -0.25) is 9.59 Å². The molecule has 0 spiro atoms. The maximum atomic E-state index is 12.3. The summed E-state index contributed by atoms with van der Waals surface area (Å²) >= 11 is 0. The van der Waals surface area contributed by atoms with Crippen molar-refractivity contribution in [3.05, 3.63) is 83.8 Å². The van der Waals surface area contributed by atoms with Crippen LogP contribution in [0.2, 0.25) is 0 Å². The van der Waals surface area contributed by atoms with E-state index in [0.717, 1.165) is 60.6 Å². The van der Waals surface area contributed by atoms with Gasteiger partial charge in [-0.25, -0.2) is 0 Å². The van der Waals surface area contributed by atoms with Crippen molar-refractivity contribution >= 4 is 17.8 Å². The van der Waals surface area contributed by atoms with E-state index >= 15 is 0 Å². The Morgan fingerprint density at radius 1 is 1.16 bits per heavy atom. The van der Waals surface area contributed by atoms with Gasteiger partial charge < -0.3 is 25.6 Å². The molecule has 0 aromatic heterocycles. The maximum absolute atomic E-state index is 12.3. The molecule has 38 heavy (non-hydrogen) atoms. The number of likely N-dealkylation sites (tertiary alicyclic amines) is 1. The molecule has 2 rings (SSSR count). The predicted molar refractivity (Wildman–Crippen MR) is 157 cm³/mol. The largest absolute Gasteiger partial charge is 0.484 e. The van der Waals surface area contributed by atoms with Gasteiger partial charge in [-0.1, -0.05) is 43.4 Å². The third-order valence-corrected chi connectivity index (χ3v) is 6.26. The maximum Gasteiger partial charge on any atom is 0.257 e. The second kappa shape index (κ2) is 17.9. The lowest BCUT2D eigenvalue weighted by Crippen LogP contribution is -2.39. The van der Waals surface area contributed by atoms with Gasteiger partial charge in [0.2, 0.25) is 0 Å². The number of amides is 1. The van der Waals surface area contributed by atoms with E-state index in [0.29, 0.717) is 18.7 Å². The van der Waals surface area contributed by atoms with Crippen LogP contribution in [0, 0.1) is 0 Å². The van der Waals surface area contributed by atoms with Crippen LogP contribution in [0.4, 0.5) is 0 Å². The summed E-state index contributed by atoms with van der Waals surface area (Å²) in [7, 11) is 1.88. The van der Waals surface area contributed by atoms with Gasteiger partial charge in [0.05, 0.1) is 0 Å². The molecule has 7 heteroatoms. The van der Waals surface area contributed by atoms with Crippen molar-refractivity contribution in [3.63, 3.8) is 0 Å². The summed E-state index contributed by atoms with van der Waals surface area (Å²) in [5.41, 5.74) is 4.33. The smallest absolute Gasteiger partial charge is 0.257 e. The normalized spacial score (nSPS) is 15.4. The molecule has 1 aromatic rings. The SMILES string of the molecule is C=C(/C=C(\C=C/C)C(=C/C)/N/C(=C/C=O)CCNC)c1cccc(OCC(=O)NCCN2CCCCC2)c1. The second-order valence-corrected chi connectivity index (χ2v) is 9.20. The van der Waals surface area contributed by atoms with Gasteiger partial charge in [0.25, 0.3) is 5.91 Å². The van der Waals surface area contributed by atoms with Crippen molar-refractivity contribution in [2.75, 3.05) is 46.4 Å². The van der Waals surface area contributed by atoms with Crippen molar-refractivity contribution in [2.45, 2.75) is 39.5 Å². The van der Waals surface area contributed by atoms with Crippen LogP contribution in [0.15, 0.2) is 78.2 Å². The van der Waals surface area contributed by atoms with Crippen LogP contribution in [0.5, 0.6) is 5.75 Å². The molecule has 1 saturated heterocycles. The molecule has 7 nitrogen and oxygen atoms in total. The molecule has 206 valence electrons. The van der Waals surface area contributed by atoms with Gasteiger partial charge in [-0.05, 0) is 87.8 Å². The number of rotatable bonds is 16. The summed E-state index contributed by atoms with van der Waals surface area (Å²) in [4.78, 5) is 25.8. The highest BCUT2D eigenvalue weighted by Gasteiger charge is 2.11. The Morgan fingerprint density at radius 3 is 2.63 bits per heavy atom. The van der Waals surface area contributed by atoms with Gasteiger partial charge in [0.1, 0.15) is 12.0 Å². The zero-order valence-corrected chi connectivity index (χ0v) is 23.2. The molecule has 1 aromatic carbocycles. The van der Waals surface area contributed by atoms with Crippen LogP contribution in [0.3, 0.4) is 0 Å². The Hall–Kier alpha value is -3.42. The number of nitrogens with one attached hydrogen (secondary N) is 3. The van der Waals surface area contributed by atoms with Crippen molar-refractivity contribution in [2.24, 2.45) is 0 Å². The Labute approximate surface area is 228 Å². The molecule has 0 atom stereocenters. The molecular weight excluding hydrogens is 476 g/mol. The van der Waals surface area contributed by atoms with Gasteiger partial charge >= 0.3 is 0 Å². The number of hydrogen-bond acceptors (Lipinski definition) is 6. The molecule has 0 saturated carbocycles. The molecule has 1 aliphatic rings. The Kier molecular flexibility index (Phi) is 14.5. The molecule has 1 fully saturated rings. The Morgan fingerprint density at radius 2 is 1.95 bits per heavy atom. The fraction of sp³-hybridized carbons (Fsp3) is 0.419. The van der Waals surface area contributed by atoms with Crippen molar-refractivity contribution in [1.29, 1.82) is 0 Å². The average molecular weight is 521 g/mol. The van der Waals surface area contributed by atoms with Crippen LogP contribution in [0.1, 0.15) is 45.1 Å². The number of carbonyl (C=O) groups is 2. The first-order chi connectivity index (χ1) is 18.5. The minimum absolute atomic E-state index is 0.0271. The van der Waals surface area contributed by atoms with Crippen LogP contribution in [0.25, 0.3) is 5.57 Å². The molecule has 1 amide bonds. The highest BCUT2D eigenvalue weighted by Crippen LogP contribution is 2.23. The first-order valence-electron chi connectivity index (χ1n) is 13.5. The van der Waals surface area contributed by atoms with E-state index in [4.69, 9.17) is 4.74 Å². The van der Waals surface area contributed by atoms with E-state index in [2.05, 4.69) is 27.4 Å². The highest BCUT2D eigenvalue weighted by atomic mass is 16.5. The molecule has 0 radical (unpaired) electrons. The summed E-state index contributed by atoms with van der Waals surface area (Å²) in [5.74, 6) is 0.492. The molecule has 1 aliphatic heterocycles. The number of allylic oxidation sites excluding steroid dienone is 6. The Balaban J connectivity index is 2.00. The van der Waals surface area contributed by atoms with E-state index in [9.17, 15) is 9.59 Å². The first kappa shape index (κ1) is 30.8. The molecule has 0 aliphatic carbocycles. The predicted octanol–water partition coefficient (Wildman–Crippen LogP) is 4.37. The molecule has 1 heterocycles. The number of nitrogens with zero attached hydrogens (tertiary/aromatic N) is 1. The van der Waals surface area contributed by atoms with Crippen LogP contribution in [-0.2, 0) is 9.59 Å². The number of aldehydes is 1. The summed E-state index contributed by atoms with van der Waals surface area (Å²) in [5, 5.41) is 9.44. The molecule has 0 bridgehead atoms. The van der Waals surface area contributed by atoms with Crippen molar-refractivity contribution in [3.8, 4) is 5.75 Å². The number of piperidine rings is 1. The number of ether oxygens (including phenoxy) is 1. The molecule has 3 N–H and O–H groups in total. The zero-order chi connectivity index (χ0) is 27.6. The lowest BCUT2D eigenvalue weighted by atomic mass is 10.0. The number of carbonyl (C=O) groups excluding carboxylic acids is 2. The third kappa shape index (κ3) is 11.3. The third-order valence-electron chi connectivity index (χ3n) is 6.26. The van der Waals surface area contributed by atoms with E-state index in [1.165, 1.54) is 19.3 Å². The van der Waals surface area contributed by atoms with E-state index in [1.54, 1.807) is 6.08 Å². The van der Waals surface area contributed by atoms with Gasteiger partial charge in [0.15, 0.2) is 6.61 Å². The molecular formula is C31H44N4O3. The molecule has 0 unspecified atom stereocenters. The van der Waals surface area contributed by atoms with Crippen LogP contribution >= 0.6 is 0 Å². The van der Waals surface area contributed by atoms with E-state index < -0.39 is 0 Å². The monoisotopic (exact) mass is 520 g/mol. The van der Waals surface area contributed by atoms with Gasteiger partial charge in [-0.15, -0.1) is 0 Å². The second-order valence-electron chi connectivity index (χ2n) is 9.20. The minimum atomic E-state index is -0.122. The minimum Gasteiger partial charge on any atom is -0.484 e. The Bertz CT molecular complexity index is 1030. The fourth-order valence-corrected chi connectivity index (χ4v) is 4.20. The summed E-state index contributed by atoms with van der Waals surface area (Å²) in [6.07, 6.45) is 14.8. The van der Waals surface area contributed by atoms with E-state index in [1.807, 2.05) is 69.5 Å². The van der Waals surface area contributed by atoms with Gasteiger partial charge in [0, 0.05) is 37.4 Å². The van der Waals surface area contributed by atoms with Crippen molar-refractivity contribution < 1.29 is 14.3 Å². The van der Waals surface area contributed by atoms with Crippen LogP contribution in [-0.4, -0.2) is 63.5 Å². The topological polar surface area (TPSA) is 82.7 Å². The lowest BCUT2D eigenvalue weighted by Gasteiger charge is -2.26. The zero-order valence-electron chi connectivity index (χ0n) is 23.2. The van der Waals surface area contributed by atoms with E-state index in [-0.39, 0.29) is 12.5 Å². The summed E-state index contributed by atoms with van der Waals surface area (Å²) < 4.78 is 5.77. The van der Waals surface area contributed by atoms with Crippen molar-refractivity contribution in [1.82, 2.24) is 20.9 Å². The van der Waals surface area contributed by atoms with Gasteiger partial charge in [-0.2, -0.15) is 0 Å². The highest BCUT2D eigenvalue weighted by molar-refractivity contribution is 5.78. The number of benzene rings is 1. The quantitative estimate of drug-likeness (QED) is 0.171. The lowest BCUT2D eigenvalue weighted by molar-refractivity contribution is -0.123. The summed E-state index contributed by atoms with van der Waals surface area (Å²) in [6, 6.07) is 7.59. The average Bonchev–Trinajstić information content (AvgIpc) is 2.94. The van der Waals surface area contributed by atoms with Crippen LogP contribution < -0.4 is 20.7 Å². The number of hydrogen-bond donors (Lipinski definition) is 3. The first-order valence-corrected chi connectivity index (χ1v) is 13.5. The summed E-state index contributed by atoms with van der Waals surface area (Å²) in [6.45, 7) is 12.6. The standard InChI is InChI=1S/C31H44N4O3/c1-5-11-27(30(6-2)34-28(15-21-36)14-16-32-4)22-25(3)26-12-10-13-29(23-26)38-24-31(37)33-17-20-35-18-8-7-9-19-35/h5-6,10-13,15,21-23,32,34H,3,7-9,14,16-20,24H2,1-2,4H3,(H,33,37)/b11-5-,27-22+,28-15+,30-6-. The fourth-order valence-electron chi connectivity index (χ4n) is 4.20.